The Bertz CT molecular complexity index is 903. The molecule has 29 heavy (non-hydrogen) atoms. The van der Waals surface area contributed by atoms with Crippen LogP contribution in [0.1, 0.15) is 24.5 Å². The van der Waals surface area contributed by atoms with E-state index in [1.54, 1.807) is 43.1 Å². The van der Waals surface area contributed by atoms with Crippen molar-refractivity contribution in [3.8, 4) is 0 Å². The average molecular weight is 548 g/mol. The van der Waals surface area contributed by atoms with Gasteiger partial charge in [0, 0.05) is 24.5 Å². The molecule has 5 nitrogen and oxygen atoms in total. The fraction of sp³-hybridized carbons (Fsp3) is 0.381. The smallest absolute Gasteiger partial charge is 0.191 e. The number of guanidine groups is 1. The third kappa shape index (κ3) is 7.82. The molecule has 8 heteroatoms. The van der Waals surface area contributed by atoms with E-state index in [0.29, 0.717) is 23.8 Å². The quantitative estimate of drug-likeness (QED) is 0.224. The van der Waals surface area contributed by atoms with Gasteiger partial charge in [-0.15, -0.1) is 35.7 Å². The van der Waals surface area contributed by atoms with E-state index in [1.165, 1.54) is 16.0 Å². The third-order valence-electron chi connectivity index (χ3n) is 4.47. The monoisotopic (exact) mass is 547 g/mol. The van der Waals surface area contributed by atoms with Crippen LogP contribution < -0.4 is 10.6 Å². The fourth-order valence-corrected chi connectivity index (χ4v) is 5.13. The van der Waals surface area contributed by atoms with Crippen molar-refractivity contribution in [1.29, 1.82) is 0 Å². The highest BCUT2D eigenvalue weighted by atomic mass is 127. The molecule has 1 unspecified atom stereocenters. The fourth-order valence-electron chi connectivity index (χ4n) is 2.82. The second-order valence-electron chi connectivity index (χ2n) is 6.59. The van der Waals surface area contributed by atoms with Crippen molar-refractivity contribution in [1.82, 2.24) is 10.6 Å². The molecular weight excluding hydrogens is 517 g/mol. The van der Waals surface area contributed by atoms with Crippen molar-refractivity contribution in [2.45, 2.75) is 42.6 Å². The maximum absolute atomic E-state index is 12.7. The number of benzene rings is 2. The number of sulfone groups is 1. The molecule has 2 N–H and O–H groups in total. The van der Waals surface area contributed by atoms with Crippen molar-refractivity contribution in [3.63, 3.8) is 0 Å². The summed E-state index contributed by atoms with van der Waals surface area (Å²) in [7, 11) is -1.66. The standard InChI is InChI=1S/C21H29N3O2S2.HI/c1-5-18(15-28(25,26)19-9-7-6-8-10-19)24-21(22-3)23-14-17-12-11-16(2)13-20(17)27-4;/h6-13,18H,5,14-15H2,1-4H3,(H2,22,23,24);1H. The molecule has 0 amide bonds. The van der Waals surface area contributed by atoms with Gasteiger partial charge in [0.25, 0.3) is 0 Å². The first-order chi connectivity index (χ1) is 13.4. The summed E-state index contributed by atoms with van der Waals surface area (Å²) in [5.41, 5.74) is 2.42. The SMILES string of the molecule is CCC(CS(=O)(=O)c1ccccc1)NC(=NC)NCc1ccc(C)cc1SC.I. The van der Waals surface area contributed by atoms with E-state index in [-0.39, 0.29) is 35.8 Å². The highest BCUT2D eigenvalue weighted by Gasteiger charge is 2.21. The van der Waals surface area contributed by atoms with Gasteiger partial charge in [-0.3, -0.25) is 4.99 Å². The van der Waals surface area contributed by atoms with Gasteiger partial charge in [0.1, 0.15) is 0 Å². The van der Waals surface area contributed by atoms with Crippen LogP contribution in [0.25, 0.3) is 0 Å². The van der Waals surface area contributed by atoms with Crippen molar-refractivity contribution >= 4 is 51.5 Å². The first-order valence-corrected chi connectivity index (χ1v) is 12.2. The number of rotatable bonds is 8. The molecule has 0 fully saturated rings. The van der Waals surface area contributed by atoms with E-state index in [1.807, 2.05) is 13.0 Å². The van der Waals surface area contributed by atoms with E-state index in [9.17, 15) is 8.42 Å². The highest BCUT2D eigenvalue weighted by Crippen LogP contribution is 2.21. The molecule has 2 rings (SSSR count). The van der Waals surface area contributed by atoms with E-state index >= 15 is 0 Å². The van der Waals surface area contributed by atoms with Crippen LogP contribution >= 0.6 is 35.7 Å². The van der Waals surface area contributed by atoms with Gasteiger partial charge in [0.05, 0.1) is 10.6 Å². The Labute approximate surface area is 196 Å². The number of aryl methyl sites for hydroxylation is 1. The molecule has 0 aliphatic carbocycles. The van der Waals surface area contributed by atoms with Gasteiger partial charge >= 0.3 is 0 Å². The third-order valence-corrected chi connectivity index (χ3v) is 7.12. The van der Waals surface area contributed by atoms with Gasteiger partial charge in [-0.2, -0.15) is 0 Å². The molecule has 2 aromatic carbocycles. The molecule has 2 aromatic rings. The molecule has 0 saturated heterocycles. The second kappa shape index (κ2) is 12.4. The first-order valence-electron chi connectivity index (χ1n) is 9.28. The van der Waals surface area contributed by atoms with Crippen LogP contribution in [0.2, 0.25) is 0 Å². The minimum atomic E-state index is -3.36. The Morgan fingerprint density at radius 3 is 2.45 bits per heavy atom. The summed E-state index contributed by atoms with van der Waals surface area (Å²) in [4.78, 5) is 5.83. The van der Waals surface area contributed by atoms with E-state index in [0.717, 1.165) is 0 Å². The van der Waals surface area contributed by atoms with Gasteiger partial charge in [0.2, 0.25) is 0 Å². The summed E-state index contributed by atoms with van der Waals surface area (Å²) in [5, 5.41) is 6.55. The minimum absolute atomic E-state index is 0. The van der Waals surface area contributed by atoms with Crippen LogP contribution in [-0.4, -0.2) is 39.5 Å². The number of thioether (sulfide) groups is 1. The highest BCUT2D eigenvalue weighted by molar-refractivity contribution is 14.0. The first kappa shape index (κ1) is 25.8. The molecule has 0 bridgehead atoms. The lowest BCUT2D eigenvalue weighted by molar-refractivity contribution is 0.568. The zero-order chi connectivity index (χ0) is 20.6. The summed E-state index contributed by atoms with van der Waals surface area (Å²) >= 11 is 1.71. The normalized spacial score (nSPS) is 12.8. The number of aliphatic imine (C=N–C) groups is 1. The maximum atomic E-state index is 12.7. The summed E-state index contributed by atoms with van der Waals surface area (Å²) in [5.74, 6) is 0.622. The molecule has 160 valence electrons. The number of nitrogens with one attached hydrogen (secondary N) is 2. The molecule has 0 radical (unpaired) electrons. The molecular formula is C21H30IN3O2S2. The number of hydrogen-bond donors (Lipinski definition) is 2. The minimum Gasteiger partial charge on any atom is -0.353 e. The molecule has 0 heterocycles. The van der Waals surface area contributed by atoms with Gasteiger partial charge in [-0.25, -0.2) is 8.42 Å². The van der Waals surface area contributed by atoms with Gasteiger partial charge in [-0.05, 0) is 48.9 Å². The Kier molecular flexibility index (Phi) is 11.1. The van der Waals surface area contributed by atoms with Crippen molar-refractivity contribution in [2.75, 3.05) is 19.1 Å². The lowest BCUT2D eigenvalue weighted by Gasteiger charge is -2.21. The topological polar surface area (TPSA) is 70.6 Å². The van der Waals surface area contributed by atoms with Crippen molar-refractivity contribution in [3.05, 3.63) is 59.7 Å². The van der Waals surface area contributed by atoms with Gasteiger partial charge in [0.15, 0.2) is 15.8 Å². The molecule has 0 saturated carbocycles. The predicted octanol–water partition coefficient (Wildman–Crippen LogP) is 4.25. The number of halogens is 1. The molecule has 0 aliphatic heterocycles. The van der Waals surface area contributed by atoms with Gasteiger partial charge < -0.3 is 10.6 Å². The summed E-state index contributed by atoms with van der Waals surface area (Å²) in [6.07, 6.45) is 2.74. The predicted molar refractivity (Wildman–Crippen MR) is 134 cm³/mol. The largest absolute Gasteiger partial charge is 0.353 e. The second-order valence-corrected chi connectivity index (χ2v) is 9.47. The van der Waals surface area contributed by atoms with Crippen LogP contribution in [0.15, 0.2) is 63.3 Å². The van der Waals surface area contributed by atoms with Crippen molar-refractivity contribution in [2.24, 2.45) is 4.99 Å². The summed E-state index contributed by atoms with van der Waals surface area (Å²) < 4.78 is 25.3. The van der Waals surface area contributed by atoms with Crippen molar-refractivity contribution < 1.29 is 8.42 Å². The summed E-state index contributed by atoms with van der Waals surface area (Å²) in [6, 6.07) is 14.7. The lowest BCUT2D eigenvalue weighted by atomic mass is 10.1. The van der Waals surface area contributed by atoms with Crippen LogP contribution in [-0.2, 0) is 16.4 Å². The van der Waals surface area contributed by atoms with Crippen LogP contribution in [0, 0.1) is 6.92 Å². The number of nitrogens with zero attached hydrogens (tertiary/aromatic N) is 1. The lowest BCUT2D eigenvalue weighted by Crippen LogP contribution is -2.45. The Hall–Kier alpha value is -1.26. The van der Waals surface area contributed by atoms with Crippen LogP contribution in [0.3, 0.4) is 0 Å². The van der Waals surface area contributed by atoms with E-state index in [2.05, 4.69) is 47.0 Å². The summed E-state index contributed by atoms with van der Waals surface area (Å²) in [6.45, 7) is 4.67. The van der Waals surface area contributed by atoms with E-state index in [4.69, 9.17) is 0 Å². The molecule has 1 atom stereocenters. The zero-order valence-corrected chi connectivity index (χ0v) is 21.3. The van der Waals surface area contributed by atoms with Gasteiger partial charge in [-0.1, -0.05) is 37.3 Å². The Morgan fingerprint density at radius 1 is 1.17 bits per heavy atom. The zero-order valence-electron chi connectivity index (χ0n) is 17.3. The van der Waals surface area contributed by atoms with Crippen LogP contribution in [0.4, 0.5) is 0 Å². The van der Waals surface area contributed by atoms with Crippen LogP contribution in [0.5, 0.6) is 0 Å². The van der Waals surface area contributed by atoms with E-state index < -0.39 is 9.84 Å². The maximum Gasteiger partial charge on any atom is 0.191 e. The molecule has 0 aliphatic rings. The molecule has 0 aromatic heterocycles. The Morgan fingerprint density at radius 2 is 1.86 bits per heavy atom. The molecule has 0 spiro atoms. The average Bonchev–Trinajstić information content (AvgIpc) is 2.71. The number of hydrogen-bond acceptors (Lipinski definition) is 4. The Balaban J connectivity index is 0.00000420.